The van der Waals surface area contributed by atoms with Crippen molar-refractivity contribution in [2.75, 3.05) is 19.6 Å². The number of carbonyl (C=O) groups is 1. The Bertz CT molecular complexity index is 265. The average molecular weight is 198 g/mol. The van der Waals surface area contributed by atoms with E-state index in [2.05, 4.69) is 10.0 Å². The topological polar surface area (TPSA) is 89.3 Å². The van der Waals surface area contributed by atoms with Crippen LogP contribution >= 0.6 is 0 Å². The molecule has 0 atom stereocenters. The molecule has 6 nitrogen and oxygen atoms in total. The molecule has 1 aliphatic heterocycles. The van der Waals surface area contributed by atoms with Crippen LogP contribution in [-0.4, -0.2) is 41.1 Å². The predicted octanol–water partition coefficient (Wildman–Crippen LogP) is 0.670. The summed E-state index contributed by atoms with van der Waals surface area (Å²) in [6.45, 7) is 2.67. The Morgan fingerprint density at radius 2 is 2.21 bits per heavy atom. The maximum absolute atomic E-state index is 11.0. The Morgan fingerprint density at radius 3 is 2.64 bits per heavy atom. The van der Waals surface area contributed by atoms with Gasteiger partial charge in [0.25, 0.3) is 0 Å². The molecule has 1 amide bonds. The standard InChI is InChI=1S/C8H14N4O2/c1-7(13)12-4-2-8(14,3-5-12)6-10-11-9/h14H,2-6H2,1H3. The van der Waals surface area contributed by atoms with Crippen molar-refractivity contribution in [2.45, 2.75) is 25.4 Å². The van der Waals surface area contributed by atoms with E-state index in [9.17, 15) is 9.90 Å². The Labute approximate surface area is 82.1 Å². The van der Waals surface area contributed by atoms with E-state index in [0.29, 0.717) is 25.9 Å². The second kappa shape index (κ2) is 4.30. The number of hydrogen-bond donors (Lipinski definition) is 1. The van der Waals surface area contributed by atoms with Crippen molar-refractivity contribution < 1.29 is 9.90 Å². The van der Waals surface area contributed by atoms with Gasteiger partial charge in [0.1, 0.15) is 0 Å². The van der Waals surface area contributed by atoms with Crippen LogP contribution in [0.25, 0.3) is 10.4 Å². The molecule has 6 heteroatoms. The SMILES string of the molecule is CC(=O)N1CCC(O)(CN=[N+]=[N-])CC1. The zero-order valence-electron chi connectivity index (χ0n) is 8.18. The summed E-state index contributed by atoms with van der Waals surface area (Å²) in [5.74, 6) is 0.0239. The molecule has 1 rings (SSSR count). The second-order valence-electron chi connectivity index (χ2n) is 3.62. The number of amides is 1. The van der Waals surface area contributed by atoms with E-state index in [1.165, 1.54) is 6.92 Å². The molecule has 1 heterocycles. The molecule has 1 saturated heterocycles. The van der Waals surface area contributed by atoms with Gasteiger partial charge < -0.3 is 10.0 Å². The highest BCUT2D eigenvalue weighted by molar-refractivity contribution is 5.73. The van der Waals surface area contributed by atoms with Crippen molar-refractivity contribution in [3.63, 3.8) is 0 Å². The summed E-state index contributed by atoms with van der Waals surface area (Å²) in [5.41, 5.74) is 7.22. The lowest BCUT2D eigenvalue weighted by Crippen LogP contribution is -2.47. The van der Waals surface area contributed by atoms with Crippen molar-refractivity contribution >= 4 is 5.91 Å². The fourth-order valence-electron chi connectivity index (χ4n) is 1.56. The van der Waals surface area contributed by atoms with Crippen molar-refractivity contribution in [1.29, 1.82) is 0 Å². The van der Waals surface area contributed by atoms with Gasteiger partial charge >= 0.3 is 0 Å². The van der Waals surface area contributed by atoms with E-state index < -0.39 is 5.60 Å². The van der Waals surface area contributed by atoms with Gasteiger partial charge in [-0.05, 0) is 18.4 Å². The molecule has 0 bridgehead atoms. The summed E-state index contributed by atoms with van der Waals surface area (Å²) in [7, 11) is 0. The highest BCUT2D eigenvalue weighted by atomic mass is 16.3. The van der Waals surface area contributed by atoms with Crippen molar-refractivity contribution in [3.8, 4) is 0 Å². The molecule has 0 aromatic rings. The maximum atomic E-state index is 11.0. The lowest BCUT2D eigenvalue weighted by Gasteiger charge is -2.36. The fourth-order valence-corrected chi connectivity index (χ4v) is 1.56. The van der Waals surface area contributed by atoms with E-state index in [0.717, 1.165) is 0 Å². The van der Waals surface area contributed by atoms with Crippen LogP contribution in [0.5, 0.6) is 0 Å². The highest BCUT2D eigenvalue weighted by Gasteiger charge is 2.32. The summed E-state index contributed by atoms with van der Waals surface area (Å²) < 4.78 is 0. The van der Waals surface area contributed by atoms with Crippen LogP contribution in [-0.2, 0) is 4.79 Å². The van der Waals surface area contributed by atoms with Crippen LogP contribution in [0.2, 0.25) is 0 Å². The lowest BCUT2D eigenvalue weighted by molar-refractivity contribution is -0.132. The van der Waals surface area contributed by atoms with Crippen molar-refractivity contribution in [2.24, 2.45) is 5.11 Å². The number of azide groups is 1. The van der Waals surface area contributed by atoms with Crippen LogP contribution in [0.4, 0.5) is 0 Å². The molecule has 1 aliphatic rings. The lowest BCUT2D eigenvalue weighted by atomic mass is 9.91. The zero-order chi connectivity index (χ0) is 10.6. The molecule has 0 radical (unpaired) electrons. The first-order valence-electron chi connectivity index (χ1n) is 4.56. The Kier molecular flexibility index (Phi) is 3.33. The molecule has 78 valence electrons. The van der Waals surface area contributed by atoms with Gasteiger partial charge in [0.05, 0.1) is 12.1 Å². The molecule has 1 N–H and O–H groups in total. The van der Waals surface area contributed by atoms with Crippen LogP contribution in [0.3, 0.4) is 0 Å². The van der Waals surface area contributed by atoms with Gasteiger partial charge in [-0.25, -0.2) is 0 Å². The zero-order valence-corrected chi connectivity index (χ0v) is 8.18. The summed E-state index contributed by atoms with van der Waals surface area (Å²) in [5, 5.41) is 13.3. The van der Waals surface area contributed by atoms with Crippen LogP contribution in [0, 0.1) is 0 Å². The Balaban J connectivity index is 2.48. The minimum absolute atomic E-state index is 0.0239. The fraction of sp³-hybridized carbons (Fsp3) is 0.875. The second-order valence-corrected chi connectivity index (χ2v) is 3.62. The summed E-state index contributed by atoms with van der Waals surface area (Å²) >= 11 is 0. The van der Waals surface area contributed by atoms with Crippen LogP contribution in [0.1, 0.15) is 19.8 Å². The number of carbonyl (C=O) groups excluding carboxylic acids is 1. The number of rotatable bonds is 2. The molecule has 14 heavy (non-hydrogen) atoms. The first-order chi connectivity index (χ1) is 6.57. The molecular weight excluding hydrogens is 184 g/mol. The Morgan fingerprint density at radius 1 is 1.64 bits per heavy atom. The average Bonchev–Trinajstić information content (AvgIpc) is 2.16. The quantitative estimate of drug-likeness (QED) is 0.401. The monoisotopic (exact) mass is 198 g/mol. The molecule has 0 aliphatic carbocycles. The molecule has 0 saturated carbocycles. The molecule has 0 spiro atoms. The minimum atomic E-state index is -0.918. The van der Waals surface area contributed by atoms with Crippen LogP contribution in [0.15, 0.2) is 5.11 Å². The first kappa shape index (κ1) is 10.8. The number of nitrogens with zero attached hydrogens (tertiary/aromatic N) is 4. The third-order valence-electron chi connectivity index (χ3n) is 2.57. The number of piperidine rings is 1. The van der Waals surface area contributed by atoms with Crippen molar-refractivity contribution in [3.05, 3.63) is 10.4 Å². The molecule has 0 unspecified atom stereocenters. The molecule has 0 aromatic carbocycles. The number of hydrogen-bond acceptors (Lipinski definition) is 3. The third kappa shape index (κ3) is 2.61. The van der Waals surface area contributed by atoms with Crippen molar-refractivity contribution in [1.82, 2.24) is 4.90 Å². The van der Waals surface area contributed by atoms with Gasteiger partial charge in [-0.15, -0.1) is 0 Å². The van der Waals surface area contributed by atoms with Crippen LogP contribution < -0.4 is 0 Å². The van der Waals surface area contributed by atoms with Gasteiger partial charge in [-0.2, -0.15) is 0 Å². The predicted molar refractivity (Wildman–Crippen MR) is 50.5 cm³/mol. The van der Waals surface area contributed by atoms with E-state index >= 15 is 0 Å². The normalized spacial score (nSPS) is 20.0. The first-order valence-corrected chi connectivity index (χ1v) is 4.56. The van der Waals surface area contributed by atoms with E-state index in [4.69, 9.17) is 5.53 Å². The number of likely N-dealkylation sites (tertiary alicyclic amines) is 1. The van der Waals surface area contributed by atoms with E-state index in [-0.39, 0.29) is 12.5 Å². The molecule has 0 aromatic heterocycles. The van der Waals surface area contributed by atoms with Gasteiger partial charge in [0.2, 0.25) is 5.91 Å². The van der Waals surface area contributed by atoms with Gasteiger partial charge in [-0.1, -0.05) is 5.11 Å². The third-order valence-corrected chi connectivity index (χ3v) is 2.57. The van der Waals surface area contributed by atoms with Gasteiger partial charge in [0.15, 0.2) is 0 Å². The number of aliphatic hydroxyl groups is 1. The highest BCUT2D eigenvalue weighted by Crippen LogP contribution is 2.22. The maximum Gasteiger partial charge on any atom is 0.219 e. The smallest absolute Gasteiger partial charge is 0.219 e. The minimum Gasteiger partial charge on any atom is -0.390 e. The summed E-state index contributed by atoms with van der Waals surface area (Å²) in [6.07, 6.45) is 0.956. The molecular formula is C8H14N4O2. The van der Waals surface area contributed by atoms with Gasteiger partial charge in [-0.3, -0.25) is 4.79 Å². The van der Waals surface area contributed by atoms with Gasteiger partial charge in [0, 0.05) is 24.9 Å². The Hall–Kier alpha value is -1.26. The van der Waals surface area contributed by atoms with E-state index in [1.54, 1.807) is 4.90 Å². The molecule has 1 fully saturated rings. The largest absolute Gasteiger partial charge is 0.390 e. The summed E-state index contributed by atoms with van der Waals surface area (Å²) in [4.78, 5) is 15.3. The summed E-state index contributed by atoms with van der Waals surface area (Å²) in [6, 6.07) is 0. The van der Waals surface area contributed by atoms with E-state index in [1.807, 2.05) is 0 Å².